The van der Waals surface area contributed by atoms with E-state index in [0.29, 0.717) is 29.4 Å². The van der Waals surface area contributed by atoms with E-state index in [0.717, 1.165) is 32.4 Å². The van der Waals surface area contributed by atoms with Crippen LogP contribution in [0, 0.1) is 6.92 Å². The van der Waals surface area contributed by atoms with Gasteiger partial charge in [-0.2, -0.15) is 0 Å². The average Bonchev–Trinajstić information content (AvgIpc) is 3.34. The highest BCUT2D eigenvalue weighted by Gasteiger charge is 2.41. The van der Waals surface area contributed by atoms with E-state index in [1.807, 2.05) is 31.1 Å². The molecule has 3 atom stereocenters. The minimum atomic E-state index is 0.0532. The first-order valence-corrected chi connectivity index (χ1v) is 9.85. The minimum absolute atomic E-state index is 0.0532. The summed E-state index contributed by atoms with van der Waals surface area (Å²) in [7, 11) is 0. The molecule has 0 aliphatic carbocycles. The Kier molecular flexibility index (Phi) is 5.22. The molecule has 0 bridgehead atoms. The number of pyridine rings is 1. The summed E-state index contributed by atoms with van der Waals surface area (Å²) in [4.78, 5) is 19.6. The van der Waals surface area contributed by atoms with Gasteiger partial charge in [-0.3, -0.25) is 20.6 Å². The van der Waals surface area contributed by atoms with Crippen molar-refractivity contribution in [2.24, 2.45) is 0 Å². The molecule has 2 aliphatic heterocycles. The monoisotopic (exact) mass is 369 g/mol. The van der Waals surface area contributed by atoms with Crippen molar-refractivity contribution in [2.75, 3.05) is 13.1 Å². The molecule has 4 rings (SSSR count). The number of hydrazine groups is 1. The van der Waals surface area contributed by atoms with E-state index in [-0.39, 0.29) is 18.0 Å². The number of likely N-dealkylation sites (tertiary alicyclic amines) is 1. The van der Waals surface area contributed by atoms with Crippen LogP contribution in [0.3, 0.4) is 0 Å². The Morgan fingerprint density at radius 2 is 2.15 bits per heavy atom. The third kappa shape index (κ3) is 3.37. The molecule has 2 fully saturated rings. The molecule has 27 heavy (non-hydrogen) atoms. The number of hydrogen-bond acceptors (Lipinski definition) is 6. The number of aryl methyl sites for hydroxylation is 2. The molecular weight excluding hydrogens is 342 g/mol. The summed E-state index contributed by atoms with van der Waals surface area (Å²) in [5.41, 5.74) is 9.34. The molecule has 4 heterocycles. The molecule has 0 aromatic carbocycles. The predicted molar refractivity (Wildman–Crippen MR) is 101 cm³/mol. The van der Waals surface area contributed by atoms with Gasteiger partial charge in [0, 0.05) is 49.9 Å². The van der Waals surface area contributed by atoms with Crippen LogP contribution in [0.15, 0.2) is 29.0 Å². The van der Waals surface area contributed by atoms with E-state index in [4.69, 9.17) is 4.52 Å². The van der Waals surface area contributed by atoms with Gasteiger partial charge in [0.05, 0.1) is 5.69 Å². The number of amides is 1. The smallest absolute Gasteiger partial charge is 0.259 e. The summed E-state index contributed by atoms with van der Waals surface area (Å²) in [6.45, 7) is 5.47. The fourth-order valence-corrected chi connectivity index (χ4v) is 4.47. The van der Waals surface area contributed by atoms with Crippen molar-refractivity contribution in [2.45, 2.75) is 57.5 Å². The molecule has 0 spiro atoms. The fraction of sp³-hybridized carbons (Fsp3) is 0.550. The van der Waals surface area contributed by atoms with Gasteiger partial charge in [-0.05, 0) is 43.9 Å². The normalized spacial score (nSPS) is 25.7. The van der Waals surface area contributed by atoms with Gasteiger partial charge in [0.1, 0.15) is 11.3 Å². The Bertz CT molecular complexity index is 791. The van der Waals surface area contributed by atoms with Crippen LogP contribution < -0.4 is 10.9 Å². The van der Waals surface area contributed by atoms with Crippen molar-refractivity contribution in [3.63, 3.8) is 0 Å². The van der Waals surface area contributed by atoms with Gasteiger partial charge in [0.15, 0.2) is 0 Å². The van der Waals surface area contributed by atoms with Gasteiger partial charge < -0.3 is 9.42 Å². The first kappa shape index (κ1) is 18.1. The Labute approximate surface area is 159 Å². The lowest BCUT2D eigenvalue weighted by Gasteiger charge is -2.40. The zero-order valence-electron chi connectivity index (χ0n) is 15.9. The lowest BCUT2D eigenvalue weighted by Crippen LogP contribution is -2.55. The van der Waals surface area contributed by atoms with Crippen molar-refractivity contribution < 1.29 is 9.32 Å². The number of carbonyl (C=O) groups excluding carboxylic acids is 1. The van der Waals surface area contributed by atoms with Crippen molar-refractivity contribution in [1.29, 1.82) is 0 Å². The minimum Gasteiger partial charge on any atom is -0.360 e. The predicted octanol–water partition coefficient (Wildman–Crippen LogP) is 2.20. The van der Waals surface area contributed by atoms with Crippen LogP contribution in [0.1, 0.15) is 59.5 Å². The van der Waals surface area contributed by atoms with E-state index in [9.17, 15) is 4.79 Å². The summed E-state index contributed by atoms with van der Waals surface area (Å²) in [6.07, 6.45) is 7.51. The SMILES string of the molecule is CCc1onc(C)c1C(=O)N1CCCCC1C1NNCC1c1ccncc1. The first-order valence-electron chi connectivity index (χ1n) is 9.85. The third-order valence-corrected chi connectivity index (χ3v) is 5.85. The van der Waals surface area contributed by atoms with Crippen molar-refractivity contribution in [3.05, 3.63) is 47.1 Å². The number of hydrogen-bond donors (Lipinski definition) is 2. The van der Waals surface area contributed by atoms with E-state index >= 15 is 0 Å². The van der Waals surface area contributed by atoms with Crippen LogP contribution in [-0.2, 0) is 6.42 Å². The van der Waals surface area contributed by atoms with Crippen molar-refractivity contribution >= 4 is 5.91 Å². The summed E-state index contributed by atoms with van der Waals surface area (Å²) in [5, 5.41) is 4.03. The summed E-state index contributed by atoms with van der Waals surface area (Å²) in [6, 6.07) is 4.45. The maximum atomic E-state index is 13.4. The first-order chi connectivity index (χ1) is 13.2. The van der Waals surface area contributed by atoms with E-state index in [2.05, 4.69) is 33.1 Å². The van der Waals surface area contributed by atoms with E-state index < -0.39 is 0 Å². The van der Waals surface area contributed by atoms with Gasteiger partial charge in [-0.1, -0.05) is 12.1 Å². The molecule has 2 aliphatic rings. The van der Waals surface area contributed by atoms with Crippen molar-refractivity contribution in [1.82, 2.24) is 25.9 Å². The Morgan fingerprint density at radius 1 is 1.33 bits per heavy atom. The molecule has 7 nitrogen and oxygen atoms in total. The molecule has 7 heteroatoms. The second-order valence-electron chi connectivity index (χ2n) is 7.42. The van der Waals surface area contributed by atoms with Crippen LogP contribution in [0.4, 0.5) is 0 Å². The van der Waals surface area contributed by atoms with Gasteiger partial charge in [-0.25, -0.2) is 0 Å². The Hall–Kier alpha value is -2.25. The molecular formula is C20H27N5O2. The molecule has 2 saturated heterocycles. The summed E-state index contributed by atoms with van der Waals surface area (Å²) in [5.74, 6) is 1.04. The molecule has 2 aromatic rings. The number of nitrogens with zero attached hydrogens (tertiary/aromatic N) is 3. The zero-order valence-corrected chi connectivity index (χ0v) is 15.9. The summed E-state index contributed by atoms with van der Waals surface area (Å²) < 4.78 is 5.38. The standard InChI is InChI=1S/C20H27N5O2/c1-3-17-18(13(2)24-27-17)20(26)25-11-5-4-6-16(25)19-15(12-22-23-19)14-7-9-21-10-8-14/h7-10,15-16,19,22-23H,3-6,11-12H2,1-2H3. The molecule has 0 radical (unpaired) electrons. The van der Waals surface area contributed by atoms with Crippen LogP contribution in [-0.4, -0.2) is 46.1 Å². The van der Waals surface area contributed by atoms with E-state index in [1.54, 1.807) is 0 Å². The summed E-state index contributed by atoms with van der Waals surface area (Å²) >= 11 is 0. The number of aromatic nitrogens is 2. The Morgan fingerprint density at radius 3 is 2.93 bits per heavy atom. The maximum absolute atomic E-state index is 13.4. The molecule has 1 amide bonds. The number of piperidine rings is 1. The fourth-order valence-electron chi connectivity index (χ4n) is 4.47. The van der Waals surface area contributed by atoms with Gasteiger partial charge in [-0.15, -0.1) is 0 Å². The third-order valence-electron chi connectivity index (χ3n) is 5.85. The largest absolute Gasteiger partial charge is 0.360 e. The maximum Gasteiger partial charge on any atom is 0.259 e. The van der Waals surface area contributed by atoms with Crippen LogP contribution in [0.25, 0.3) is 0 Å². The molecule has 2 aromatic heterocycles. The highest BCUT2D eigenvalue weighted by Crippen LogP contribution is 2.32. The molecule has 2 N–H and O–H groups in total. The highest BCUT2D eigenvalue weighted by atomic mass is 16.5. The lowest BCUT2D eigenvalue weighted by atomic mass is 9.84. The molecule has 3 unspecified atom stereocenters. The molecule has 0 saturated carbocycles. The van der Waals surface area contributed by atoms with Crippen molar-refractivity contribution in [3.8, 4) is 0 Å². The quantitative estimate of drug-likeness (QED) is 0.860. The topological polar surface area (TPSA) is 83.3 Å². The van der Waals surface area contributed by atoms with Crippen LogP contribution in [0.5, 0.6) is 0 Å². The van der Waals surface area contributed by atoms with Gasteiger partial charge in [0.2, 0.25) is 0 Å². The lowest BCUT2D eigenvalue weighted by molar-refractivity contribution is 0.0547. The van der Waals surface area contributed by atoms with Gasteiger partial charge >= 0.3 is 0 Å². The second-order valence-corrected chi connectivity index (χ2v) is 7.42. The van der Waals surface area contributed by atoms with E-state index in [1.165, 1.54) is 5.56 Å². The number of carbonyl (C=O) groups is 1. The Balaban J connectivity index is 1.62. The number of nitrogens with one attached hydrogen (secondary N) is 2. The molecule has 144 valence electrons. The zero-order chi connectivity index (χ0) is 18.8. The van der Waals surface area contributed by atoms with Crippen LogP contribution in [0.2, 0.25) is 0 Å². The van der Waals surface area contributed by atoms with Crippen LogP contribution >= 0.6 is 0 Å². The second kappa shape index (κ2) is 7.78. The highest BCUT2D eigenvalue weighted by molar-refractivity contribution is 5.96. The average molecular weight is 369 g/mol. The number of rotatable bonds is 4. The van der Waals surface area contributed by atoms with Gasteiger partial charge in [0.25, 0.3) is 5.91 Å².